The molecule has 1 aromatic heterocycles. The fourth-order valence-electron chi connectivity index (χ4n) is 4.48. The Labute approximate surface area is 184 Å². The maximum atomic E-state index is 13.0. The lowest BCUT2D eigenvalue weighted by Gasteiger charge is -2.37. The zero-order valence-electron chi connectivity index (χ0n) is 18.9. The van der Waals surface area contributed by atoms with Crippen molar-refractivity contribution in [3.63, 3.8) is 0 Å². The molecule has 31 heavy (non-hydrogen) atoms. The number of methoxy groups -OCH3 is 1. The van der Waals surface area contributed by atoms with E-state index in [0.717, 1.165) is 43.1 Å². The smallest absolute Gasteiger partial charge is 0.261 e. The number of ether oxygens (including phenoxy) is 2. The minimum atomic E-state index is -0.658. The molecule has 0 saturated carbocycles. The Morgan fingerprint density at radius 1 is 1.23 bits per heavy atom. The summed E-state index contributed by atoms with van der Waals surface area (Å²) in [6, 6.07) is 7.21. The van der Waals surface area contributed by atoms with Crippen molar-refractivity contribution in [3.8, 4) is 11.5 Å². The van der Waals surface area contributed by atoms with Gasteiger partial charge in [-0.1, -0.05) is 26.0 Å². The maximum Gasteiger partial charge on any atom is 0.261 e. The highest BCUT2D eigenvalue weighted by atomic mass is 16.5. The summed E-state index contributed by atoms with van der Waals surface area (Å²) in [5.41, 5.74) is 2.09. The fourth-order valence-corrected chi connectivity index (χ4v) is 4.48. The van der Waals surface area contributed by atoms with Gasteiger partial charge in [0.05, 0.1) is 18.8 Å². The predicted molar refractivity (Wildman–Crippen MR) is 120 cm³/mol. The Balaban J connectivity index is 1.50. The van der Waals surface area contributed by atoms with E-state index in [4.69, 9.17) is 14.5 Å². The molecule has 2 aromatic rings. The predicted octanol–water partition coefficient (Wildman–Crippen LogP) is 3.68. The lowest BCUT2D eigenvalue weighted by molar-refractivity contribution is -0.128. The van der Waals surface area contributed by atoms with Gasteiger partial charge in [-0.25, -0.2) is 9.97 Å². The van der Waals surface area contributed by atoms with Gasteiger partial charge in [0.1, 0.15) is 0 Å². The molecule has 1 fully saturated rings. The highest BCUT2D eigenvalue weighted by Gasteiger charge is 2.35. The van der Waals surface area contributed by atoms with Crippen LogP contribution in [0, 0.1) is 5.41 Å². The van der Waals surface area contributed by atoms with Crippen LogP contribution in [-0.4, -0.2) is 42.2 Å². The summed E-state index contributed by atoms with van der Waals surface area (Å²) in [5, 5.41) is 3.18. The molecule has 1 amide bonds. The molecular formula is C24H32N4O3. The first kappa shape index (κ1) is 21.4. The summed E-state index contributed by atoms with van der Waals surface area (Å²) in [6.07, 6.45) is 5.34. The number of para-hydroxylation sites is 2. The number of amides is 1. The second kappa shape index (κ2) is 8.73. The first-order valence-corrected chi connectivity index (χ1v) is 11.1. The molecule has 1 N–H and O–H groups in total. The summed E-state index contributed by atoms with van der Waals surface area (Å²) >= 11 is 0. The maximum absolute atomic E-state index is 13.0. The summed E-state index contributed by atoms with van der Waals surface area (Å²) in [4.78, 5) is 24.8. The number of anilines is 1. The molecule has 0 spiro atoms. The van der Waals surface area contributed by atoms with Gasteiger partial charge in [0.15, 0.2) is 17.6 Å². The minimum absolute atomic E-state index is 0.0360. The van der Waals surface area contributed by atoms with E-state index in [1.165, 1.54) is 12.8 Å². The number of nitrogens with one attached hydrogen (secondary N) is 1. The number of carbonyl (C=O) groups is 1. The first-order valence-electron chi connectivity index (χ1n) is 11.1. The molecule has 2 atom stereocenters. The van der Waals surface area contributed by atoms with Gasteiger partial charge < -0.3 is 19.7 Å². The fraction of sp³-hybridized carbons (Fsp3) is 0.542. The van der Waals surface area contributed by atoms with Crippen LogP contribution in [0.3, 0.4) is 0 Å². The zero-order chi connectivity index (χ0) is 22.0. The Bertz CT molecular complexity index is 940. The molecule has 166 valence electrons. The van der Waals surface area contributed by atoms with Crippen molar-refractivity contribution in [3.05, 3.63) is 41.7 Å². The number of rotatable bonds is 6. The van der Waals surface area contributed by atoms with E-state index in [-0.39, 0.29) is 17.4 Å². The SMILES string of the molecule is COc1ccccc1O[C@@H](C)C(=O)N[C@H]1CC(C)(C)Cc2nc(N3CCCC3)ncc21. The van der Waals surface area contributed by atoms with E-state index >= 15 is 0 Å². The van der Waals surface area contributed by atoms with Gasteiger partial charge in [-0.2, -0.15) is 0 Å². The van der Waals surface area contributed by atoms with E-state index in [1.54, 1.807) is 20.1 Å². The first-order chi connectivity index (χ1) is 14.9. The van der Waals surface area contributed by atoms with Gasteiger partial charge in [0.2, 0.25) is 5.95 Å². The number of benzene rings is 1. The second-order valence-corrected chi connectivity index (χ2v) is 9.28. The molecule has 2 heterocycles. The average molecular weight is 425 g/mol. The topological polar surface area (TPSA) is 76.6 Å². The van der Waals surface area contributed by atoms with Gasteiger partial charge in [-0.3, -0.25) is 4.79 Å². The van der Waals surface area contributed by atoms with E-state index < -0.39 is 6.10 Å². The van der Waals surface area contributed by atoms with Crippen LogP contribution in [0.25, 0.3) is 0 Å². The molecule has 4 rings (SSSR count). The lowest BCUT2D eigenvalue weighted by Crippen LogP contribution is -2.42. The molecule has 1 aliphatic heterocycles. The Morgan fingerprint density at radius 3 is 2.65 bits per heavy atom. The molecule has 0 radical (unpaired) electrons. The standard InChI is InChI=1S/C24H32N4O3/c1-16(31-21-10-6-5-9-20(21)30-4)22(29)26-18-13-24(2,3)14-19-17(18)15-25-23(27-19)28-11-7-8-12-28/h5-6,9-10,15-16,18H,7-8,11-14H2,1-4H3,(H,26,29)/t16-,18-/m0/s1. The Kier molecular flexibility index (Phi) is 6.03. The highest BCUT2D eigenvalue weighted by molar-refractivity contribution is 5.81. The third-order valence-corrected chi connectivity index (χ3v) is 6.11. The van der Waals surface area contributed by atoms with E-state index in [1.807, 2.05) is 24.4 Å². The molecule has 1 aromatic carbocycles. The molecule has 2 aliphatic rings. The Morgan fingerprint density at radius 2 is 1.94 bits per heavy atom. The zero-order valence-corrected chi connectivity index (χ0v) is 18.9. The van der Waals surface area contributed by atoms with Gasteiger partial charge >= 0.3 is 0 Å². The van der Waals surface area contributed by atoms with Crippen LogP contribution in [0.15, 0.2) is 30.5 Å². The van der Waals surface area contributed by atoms with Gasteiger partial charge in [-0.05, 0) is 50.2 Å². The largest absolute Gasteiger partial charge is 0.493 e. The normalized spacial score (nSPS) is 20.6. The van der Waals surface area contributed by atoms with Gasteiger partial charge in [0, 0.05) is 24.8 Å². The average Bonchev–Trinajstić information content (AvgIpc) is 3.27. The number of hydrogen-bond acceptors (Lipinski definition) is 6. The van der Waals surface area contributed by atoms with Crippen molar-refractivity contribution in [1.82, 2.24) is 15.3 Å². The van der Waals surface area contributed by atoms with Crippen molar-refractivity contribution in [2.45, 2.75) is 58.6 Å². The quantitative estimate of drug-likeness (QED) is 0.762. The third-order valence-electron chi connectivity index (χ3n) is 6.11. The summed E-state index contributed by atoms with van der Waals surface area (Å²) < 4.78 is 11.2. The van der Waals surface area contributed by atoms with Crippen LogP contribution in [0.4, 0.5) is 5.95 Å². The molecule has 7 nitrogen and oxygen atoms in total. The summed E-state index contributed by atoms with van der Waals surface area (Å²) in [6.45, 7) is 8.23. The van der Waals surface area contributed by atoms with Crippen LogP contribution in [0.5, 0.6) is 11.5 Å². The van der Waals surface area contributed by atoms with Crippen molar-refractivity contribution in [1.29, 1.82) is 0 Å². The van der Waals surface area contributed by atoms with Crippen molar-refractivity contribution >= 4 is 11.9 Å². The number of aromatic nitrogens is 2. The molecule has 0 unspecified atom stereocenters. The molecule has 1 aliphatic carbocycles. The van der Waals surface area contributed by atoms with Crippen molar-refractivity contribution in [2.75, 3.05) is 25.1 Å². The van der Waals surface area contributed by atoms with Crippen LogP contribution in [0.2, 0.25) is 0 Å². The summed E-state index contributed by atoms with van der Waals surface area (Å²) in [5.74, 6) is 1.81. The number of carbonyl (C=O) groups excluding carboxylic acids is 1. The Hall–Kier alpha value is -2.83. The van der Waals surface area contributed by atoms with Gasteiger partial charge in [-0.15, -0.1) is 0 Å². The monoisotopic (exact) mass is 424 g/mol. The van der Waals surface area contributed by atoms with Crippen molar-refractivity contribution < 1.29 is 14.3 Å². The number of nitrogens with zero attached hydrogens (tertiary/aromatic N) is 3. The minimum Gasteiger partial charge on any atom is -0.493 e. The lowest BCUT2D eigenvalue weighted by atomic mass is 9.74. The van der Waals surface area contributed by atoms with Gasteiger partial charge in [0.25, 0.3) is 5.91 Å². The van der Waals surface area contributed by atoms with E-state index in [9.17, 15) is 4.79 Å². The highest BCUT2D eigenvalue weighted by Crippen LogP contribution is 2.40. The molecule has 7 heteroatoms. The third kappa shape index (κ3) is 4.75. The molecular weight excluding hydrogens is 392 g/mol. The second-order valence-electron chi connectivity index (χ2n) is 9.28. The van der Waals surface area contributed by atoms with E-state index in [2.05, 4.69) is 29.0 Å². The van der Waals surface area contributed by atoms with Crippen LogP contribution < -0.4 is 19.7 Å². The van der Waals surface area contributed by atoms with Crippen LogP contribution in [0.1, 0.15) is 57.3 Å². The molecule has 0 bridgehead atoms. The van der Waals surface area contributed by atoms with E-state index in [0.29, 0.717) is 11.5 Å². The van der Waals surface area contributed by atoms with Crippen LogP contribution >= 0.6 is 0 Å². The molecule has 1 saturated heterocycles. The number of fused-ring (bicyclic) bond motifs is 1. The summed E-state index contributed by atoms with van der Waals surface area (Å²) in [7, 11) is 1.59. The van der Waals surface area contributed by atoms with Crippen LogP contribution in [-0.2, 0) is 11.2 Å². The van der Waals surface area contributed by atoms with Crippen molar-refractivity contribution in [2.24, 2.45) is 5.41 Å². The number of hydrogen-bond donors (Lipinski definition) is 1.